The Bertz CT molecular complexity index is 1120. The molecule has 3 N–H and O–H groups in total. The number of nitrogens with one attached hydrogen (secondary N) is 3. The third-order valence-corrected chi connectivity index (χ3v) is 6.12. The van der Waals surface area contributed by atoms with Crippen molar-refractivity contribution in [3.05, 3.63) is 30.1 Å². The summed E-state index contributed by atoms with van der Waals surface area (Å²) < 4.78 is 51.5. The lowest BCUT2D eigenvalue weighted by molar-refractivity contribution is 0.0958. The first-order valence-corrected chi connectivity index (χ1v) is 9.57. The number of carbonyl (C=O) groups excluding carboxylic acids is 2. The fourth-order valence-corrected chi connectivity index (χ4v) is 4.09. The van der Waals surface area contributed by atoms with Gasteiger partial charge in [0.1, 0.15) is 10.7 Å². The van der Waals surface area contributed by atoms with Crippen LogP contribution in [0.3, 0.4) is 0 Å². The van der Waals surface area contributed by atoms with Crippen LogP contribution >= 0.6 is 0 Å². The van der Waals surface area contributed by atoms with Crippen molar-refractivity contribution in [2.45, 2.75) is 23.0 Å². The SMILES string of the molecule is [2H]C([2H])([2H])NC(=O)c1nnc(NC(=O)OC)cc1Nc1ncccc1S(=O)(=O)C1CC1. The standard InChI is InChI=1S/C16H18N6O5S/c1-17-15(23)13-10(8-12(21-22-13)20-16(24)27-2)19-14-11(4-3-7-18-14)28(25,26)9-5-6-9/h3-4,7-9H,5-6H2,1-2H3,(H,17,23)(H2,18,19,20,21,24)/i1D3. The van der Waals surface area contributed by atoms with Gasteiger partial charge in [0, 0.05) is 23.4 Å². The molecule has 0 bridgehead atoms. The Morgan fingerprint density at radius 3 is 2.79 bits per heavy atom. The van der Waals surface area contributed by atoms with Crippen LogP contribution < -0.4 is 16.0 Å². The van der Waals surface area contributed by atoms with Crippen LogP contribution in [-0.2, 0) is 14.6 Å². The van der Waals surface area contributed by atoms with E-state index < -0.39 is 39.8 Å². The maximum Gasteiger partial charge on any atom is 0.412 e. The lowest BCUT2D eigenvalue weighted by Crippen LogP contribution is -2.22. The van der Waals surface area contributed by atoms with E-state index in [0.29, 0.717) is 12.8 Å². The molecule has 0 atom stereocenters. The van der Waals surface area contributed by atoms with E-state index in [1.54, 1.807) is 5.32 Å². The number of amides is 2. The third-order valence-electron chi connectivity index (χ3n) is 3.83. The summed E-state index contributed by atoms with van der Waals surface area (Å²) in [7, 11) is -2.52. The smallest absolute Gasteiger partial charge is 0.412 e. The van der Waals surface area contributed by atoms with Crippen molar-refractivity contribution in [1.29, 1.82) is 0 Å². The number of methoxy groups -OCH3 is 1. The summed E-state index contributed by atoms with van der Waals surface area (Å²) >= 11 is 0. The molecule has 28 heavy (non-hydrogen) atoms. The van der Waals surface area contributed by atoms with Crippen LogP contribution in [-0.4, -0.2) is 54.9 Å². The molecule has 3 rings (SSSR count). The molecule has 2 amide bonds. The summed E-state index contributed by atoms with van der Waals surface area (Å²) in [4.78, 5) is 27.8. The molecule has 1 fully saturated rings. The summed E-state index contributed by atoms with van der Waals surface area (Å²) in [5.74, 6) is -1.32. The van der Waals surface area contributed by atoms with Crippen LogP contribution in [0, 0.1) is 0 Å². The lowest BCUT2D eigenvalue weighted by atomic mass is 10.3. The van der Waals surface area contributed by atoms with Crippen molar-refractivity contribution in [2.75, 3.05) is 24.7 Å². The van der Waals surface area contributed by atoms with Crippen molar-refractivity contribution in [1.82, 2.24) is 20.5 Å². The van der Waals surface area contributed by atoms with Crippen LogP contribution in [0.2, 0.25) is 0 Å². The molecule has 0 saturated heterocycles. The second-order valence-electron chi connectivity index (χ2n) is 5.78. The van der Waals surface area contributed by atoms with E-state index in [1.807, 2.05) is 0 Å². The Balaban J connectivity index is 2.03. The topological polar surface area (TPSA) is 152 Å². The fraction of sp³-hybridized carbons (Fsp3) is 0.312. The highest BCUT2D eigenvalue weighted by atomic mass is 32.2. The minimum Gasteiger partial charge on any atom is -0.453 e. The fourth-order valence-electron chi connectivity index (χ4n) is 2.33. The highest BCUT2D eigenvalue weighted by Crippen LogP contribution is 2.36. The summed E-state index contributed by atoms with van der Waals surface area (Å²) in [5, 5.41) is 13.5. The summed E-state index contributed by atoms with van der Waals surface area (Å²) in [5.41, 5.74) is -0.582. The van der Waals surface area contributed by atoms with Gasteiger partial charge in [0.2, 0.25) is 0 Å². The number of sulfone groups is 1. The Morgan fingerprint density at radius 1 is 1.32 bits per heavy atom. The van der Waals surface area contributed by atoms with Crippen molar-refractivity contribution in [3.8, 4) is 0 Å². The number of pyridine rings is 1. The first-order chi connectivity index (χ1) is 14.5. The van der Waals surface area contributed by atoms with E-state index in [2.05, 4.69) is 30.6 Å². The second kappa shape index (κ2) is 7.76. The molecule has 2 aromatic rings. The van der Waals surface area contributed by atoms with Crippen molar-refractivity contribution < 1.29 is 26.9 Å². The Kier molecular flexibility index (Phi) is 4.36. The van der Waals surface area contributed by atoms with Crippen LogP contribution in [0.4, 0.5) is 22.1 Å². The molecular formula is C16H18N6O5S. The Morgan fingerprint density at radius 2 is 2.11 bits per heavy atom. The van der Waals surface area contributed by atoms with Crippen LogP contribution in [0.25, 0.3) is 0 Å². The average molecular weight is 409 g/mol. The molecule has 12 heteroatoms. The zero-order valence-corrected chi connectivity index (χ0v) is 15.4. The largest absolute Gasteiger partial charge is 0.453 e. The average Bonchev–Trinajstić information content (AvgIpc) is 3.53. The van der Waals surface area contributed by atoms with E-state index in [1.165, 1.54) is 24.4 Å². The summed E-state index contributed by atoms with van der Waals surface area (Å²) in [6.45, 7) is -2.80. The molecule has 0 spiro atoms. The van der Waals surface area contributed by atoms with E-state index >= 15 is 0 Å². The van der Waals surface area contributed by atoms with Crippen LogP contribution in [0.5, 0.6) is 0 Å². The van der Waals surface area contributed by atoms with E-state index in [9.17, 15) is 18.0 Å². The maximum absolute atomic E-state index is 12.7. The Hall–Kier alpha value is -3.28. The van der Waals surface area contributed by atoms with Crippen LogP contribution in [0.15, 0.2) is 29.3 Å². The van der Waals surface area contributed by atoms with E-state index in [0.717, 1.165) is 7.11 Å². The molecule has 2 heterocycles. The second-order valence-corrected chi connectivity index (χ2v) is 7.98. The van der Waals surface area contributed by atoms with Gasteiger partial charge in [-0.05, 0) is 25.0 Å². The van der Waals surface area contributed by atoms with Gasteiger partial charge in [-0.1, -0.05) is 0 Å². The first kappa shape index (κ1) is 15.7. The highest BCUT2D eigenvalue weighted by Gasteiger charge is 2.38. The molecule has 0 aliphatic heterocycles. The number of hydrogen-bond donors (Lipinski definition) is 3. The molecule has 0 aromatic carbocycles. The molecular weight excluding hydrogens is 388 g/mol. The molecule has 1 aliphatic rings. The number of nitrogens with zero attached hydrogens (tertiary/aromatic N) is 3. The van der Waals surface area contributed by atoms with Crippen molar-refractivity contribution >= 4 is 39.2 Å². The normalized spacial score (nSPS) is 15.5. The molecule has 2 aromatic heterocycles. The first-order valence-electron chi connectivity index (χ1n) is 9.52. The molecule has 11 nitrogen and oxygen atoms in total. The number of anilines is 3. The molecule has 0 unspecified atom stereocenters. The van der Waals surface area contributed by atoms with Gasteiger partial charge in [-0.25, -0.2) is 18.2 Å². The quantitative estimate of drug-likeness (QED) is 0.636. The van der Waals surface area contributed by atoms with Gasteiger partial charge in [0.15, 0.2) is 21.3 Å². The van der Waals surface area contributed by atoms with Crippen LogP contribution in [0.1, 0.15) is 27.4 Å². The number of aromatic nitrogens is 3. The molecule has 0 radical (unpaired) electrons. The number of ether oxygens (including phenoxy) is 1. The predicted molar refractivity (Wildman–Crippen MR) is 99.2 cm³/mol. The highest BCUT2D eigenvalue weighted by molar-refractivity contribution is 7.92. The molecule has 148 valence electrons. The van der Waals surface area contributed by atoms with Gasteiger partial charge >= 0.3 is 6.09 Å². The zero-order chi connectivity index (χ0) is 22.8. The number of rotatable bonds is 6. The molecule has 1 saturated carbocycles. The lowest BCUT2D eigenvalue weighted by Gasteiger charge is -2.14. The minimum atomic E-state index is -3.65. The van der Waals surface area contributed by atoms with Gasteiger partial charge in [-0.15, -0.1) is 10.2 Å². The van der Waals surface area contributed by atoms with Crippen molar-refractivity contribution in [2.24, 2.45) is 0 Å². The third kappa shape index (κ3) is 4.01. The maximum atomic E-state index is 12.7. The van der Waals surface area contributed by atoms with Gasteiger partial charge < -0.3 is 15.4 Å². The number of hydrogen-bond acceptors (Lipinski definition) is 9. The Labute approximate surface area is 165 Å². The summed E-state index contributed by atoms with van der Waals surface area (Å²) in [6.07, 6.45) is 1.55. The van der Waals surface area contributed by atoms with Gasteiger partial charge in [-0.2, -0.15) is 0 Å². The van der Waals surface area contributed by atoms with Gasteiger partial charge in [0.05, 0.1) is 18.0 Å². The zero-order valence-electron chi connectivity index (χ0n) is 17.6. The molecule has 1 aliphatic carbocycles. The van der Waals surface area contributed by atoms with Gasteiger partial charge in [-0.3, -0.25) is 10.1 Å². The monoisotopic (exact) mass is 409 g/mol. The minimum absolute atomic E-state index is 0.0843. The number of carbonyl (C=O) groups is 2. The summed E-state index contributed by atoms with van der Waals surface area (Å²) in [6, 6.07) is 3.99. The van der Waals surface area contributed by atoms with E-state index in [-0.39, 0.29) is 22.2 Å². The van der Waals surface area contributed by atoms with Crippen molar-refractivity contribution in [3.63, 3.8) is 0 Å². The van der Waals surface area contributed by atoms with E-state index in [4.69, 9.17) is 4.11 Å². The predicted octanol–water partition coefficient (Wildman–Crippen LogP) is 1.09. The van der Waals surface area contributed by atoms with Gasteiger partial charge in [0.25, 0.3) is 5.91 Å².